The van der Waals surface area contributed by atoms with Gasteiger partial charge in [0, 0.05) is 23.2 Å². The Morgan fingerprint density at radius 2 is 1.95 bits per heavy atom. The predicted octanol–water partition coefficient (Wildman–Crippen LogP) is 4.92. The van der Waals surface area contributed by atoms with Gasteiger partial charge in [0.15, 0.2) is 0 Å². The van der Waals surface area contributed by atoms with E-state index in [4.69, 9.17) is 0 Å². The topological polar surface area (TPSA) is 28.7 Å². The van der Waals surface area contributed by atoms with E-state index in [0.29, 0.717) is 17.7 Å². The number of aromatic nitrogens is 2. The number of H-pyrrole nitrogens is 1. The third-order valence-corrected chi connectivity index (χ3v) is 3.63. The van der Waals surface area contributed by atoms with E-state index in [-0.39, 0.29) is 5.82 Å². The molecule has 110 valence electrons. The second-order valence-electron chi connectivity index (χ2n) is 5.27. The Balaban J connectivity index is 2.22. The Morgan fingerprint density at radius 1 is 1.18 bits per heavy atom. The number of nitrogens with zero attached hydrogens (tertiary/aromatic N) is 1. The molecule has 0 aliphatic rings. The quantitative estimate of drug-likeness (QED) is 0.679. The monoisotopic (exact) mass is 292 g/mol. The third-order valence-electron chi connectivity index (χ3n) is 3.63. The van der Waals surface area contributed by atoms with E-state index < -0.39 is 0 Å². The van der Waals surface area contributed by atoms with E-state index in [1.807, 2.05) is 49.4 Å². The molecule has 1 aromatic heterocycles. The third kappa shape index (κ3) is 2.58. The van der Waals surface area contributed by atoms with Crippen LogP contribution in [0.2, 0.25) is 0 Å². The van der Waals surface area contributed by atoms with Crippen molar-refractivity contribution in [2.75, 3.05) is 0 Å². The molecule has 0 bridgehead atoms. The van der Waals surface area contributed by atoms with Gasteiger partial charge in [0.05, 0.1) is 0 Å². The molecule has 0 atom stereocenters. The zero-order valence-electron chi connectivity index (χ0n) is 12.4. The molecule has 0 saturated carbocycles. The van der Waals surface area contributed by atoms with Gasteiger partial charge in [-0.3, -0.25) is 5.10 Å². The summed E-state index contributed by atoms with van der Waals surface area (Å²) in [6.45, 7) is 5.65. The summed E-state index contributed by atoms with van der Waals surface area (Å²) < 4.78 is 14.4. The maximum atomic E-state index is 14.4. The first-order valence-electron chi connectivity index (χ1n) is 7.20. The summed E-state index contributed by atoms with van der Waals surface area (Å²) in [5.41, 5.74) is 4.93. The normalized spacial score (nSPS) is 10.6. The van der Waals surface area contributed by atoms with Crippen LogP contribution in [-0.4, -0.2) is 10.2 Å². The van der Waals surface area contributed by atoms with Crippen molar-refractivity contribution in [1.29, 1.82) is 0 Å². The molecule has 1 N–H and O–H groups in total. The van der Waals surface area contributed by atoms with Gasteiger partial charge in [0.25, 0.3) is 0 Å². The largest absolute Gasteiger partial charge is 0.281 e. The van der Waals surface area contributed by atoms with Crippen molar-refractivity contribution in [2.24, 2.45) is 0 Å². The molecule has 0 fully saturated rings. The number of aromatic amines is 1. The smallest absolute Gasteiger partial charge is 0.132 e. The highest BCUT2D eigenvalue weighted by molar-refractivity contribution is 5.83. The van der Waals surface area contributed by atoms with Gasteiger partial charge in [-0.15, -0.1) is 6.58 Å². The van der Waals surface area contributed by atoms with Crippen LogP contribution in [0, 0.1) is 12.7 Å². The Labute approximate surface area is 129 Å². The average Bonchev–Trinajstić information content (AvgIpc) is 2.92. The molecule has 0 aliphatic heterocycles. The SMILES string of the molecule is C=CCc1[nH]nc(-c2ccc(C)cc2F)c1-c1ccccc1. The van der Waals surface area contributed by atoms with Gasteiger partial charge in [-0.1, -0.05) is 42.5 Å². The minimum absolute atomic E-state index is 0.256. The number of nitrogens with one attached hydrogen (secondary N) is 1. The second kappa shape index (κ2) is 5.98. The zero-order chi connectivity index (χ0) is 15.5. The number of allylic oxidation sites excluding steroid dienone is 1. The maximum Gasteiger partial charge on any atom is 0.132 e. The standard InChI is InChI=1S/C19H17FN2/c1-3-7-17-18(14-8-5-4-6-9-14)19(22-21-17)15-11-10-13(2)12-16(15)20/h3-6,8-12H,1,7H2,2H3,(H,21,22). The fraction of sp³-hybridized carbons (Fsp3) is 0.105. The molecule has 0 spiro atoms. The number of hydrogen-bond donors (Lipinski definition) is 1. The van der Waals surface area contributed by atoms with E-state index in [1.54, 1.807) is 6.07 Å². The van der Waals surface area contributed by atoms with Gasteiger partial charge in [0.2, 0.25) is 0 Å². The van der Waals surface area contributed by atoms with Gasteiger partial charge in [0.1, 0.15) is 11.5 Å². The van der Waals surface area contributed by atoms with E-state index >= 15 is 0 Å². The Bertz CT molecular complexity index is 804. The summed E-state index contributed by atoms with van der Waals surface area (Å²) in [4.78, 5) is 0. The van der Waals surface area contributed by atoms with Crippen molar-refractivity contribution >= 4 is 0 Å². The summed E-state index contributed by atoms with van der Waals surface area (Å²) in [6, 6.07) is 15.1. The molecule has 3 rings (SSSR count). The number of halogens is 1. The number of rotatable bonds is 4. The Kier molecular flexibility index (Phi) is 3.88. The summed E-state index contributed by atoms with van der Waals surface area (Å²) >= 11 is 0. The molecule has 1 heterocycles. The summed E-state index contributed by atoms with van der Waals surface area (Å²) in [7, 11) is 0. The van der Waals surface area contributed by atoms with Crippen molar-refractivity contribution in [3.05, 3.63) is 78.3 Å². The van der Waals surface area contributed by atoms with Gasteiger partial charge in [-0.2, -0.15) is 5.10 Å². The second-order valence-corrected chi connectivity index (χ2v) is 5.27. The van der Waals surface area contributed by atoms with Crippen LogP contribution in [0.15, 0.2) is 61.2 Å². The number of hydrogen-bond acceptors (Lipinski definition) is 1. The molecule has 0 unspecified atom stereocenters. The Hall–Kier alpha value is -2.68. The van der Waals surface area contributed by atoms with Gasteiger partial charge < -0.3 is 0 Å². The van der Waals surface area contributed by atoms with Crippen LogP contribution >= 0.6 is 0 Å². The molecule has 0 radical (unpaired) electrons. The van der Waals surface area contributed by atoms with Crippen molar-refractivity contribution < 1.29 is 4.39 Å². The van der Waals surface area contributed by atoms with Crippen LogP contribution in [0.1, 0.15) is 11.3 Å². The number of aryl methyl sites for hydroxylation is 1. The highest BCUT2D eigenvalue weighted by atomic mass is 19.1. The van der Waals surface area contributed by atoms with E-state index in [0.717, 1.165) is 22.4 Å². The first-order chi connectivity index (χ1) is 10.7. The maximum absolute atomic E-state index is 14.4. The van der Waals surface area contributed by atoms with Crippen LogP contribution in [0.5, 0.6) is 0 Å². The molecular formula is C19H17FN2. The van der Waals surface area contributed by atoms with Crippen LogP contribution in [0.3, 0.4) is 0 Å². The first-order valence-corrected chi connectivity index (χ1v) is 7.20. The van der Waals surface area contributed by atoms with Crippen LogP contribution in [0.25, 0.3) is 22.4 Å². The van der Waals surface area contributed by atoms with Gasteiger partial charge in [-0.05, 0) is 30.2 Å². The lowest BCUT2D eigenvalue weighted by atomic mass is 9.97. The summed E-state index contributed by atoms with van der Waals surface area (Å²) in [6.07, 6.45) is 2.47. The molecular weight excluding hydrogens is 275 g/mol. The lowest BCUT2D eigenvalue weighted by molar-refractivity contribution is 0.629. The van der Waals surface area contributed by atoms with Crippen LogP contribution in [0.4, 0.5) is 4.39 Å². The molecule has 0 amide bonds. The molecule has 2 aromatic carbocycles. The van der Waals surface area contributed by atoms with Crippen molar-refractivity contribution in [3.8, 4) is 22.4 Å². The Morgan fingerprint density at radius 3 is 2.64 bits per heavy atom. The van der Waals surface area contributed by atoms with E-state index in [1.165, 1.54) is 6.07 Å². The van der Waals surface area contributed by atoms with Crippen molar-refractivity contribution in [2.45, 2.75) is 13.3 Å². The summed E-state index contributed by atoms with van der Waals surface area (Å²) in [5.74, 6) is -0.256. The summed E-state index contributed by atoms with van der Waals surface area (Å²) in [5, 5.41) is 7.39. The molecule has 22 heavy (non-hydrogen) atoms. The van der Waals surface area contributed by atoms with Crippen molar-refractivity contribution in [1.82, 2.24) is 10.2 Å². The van der Waals surface area contributed by atoms with E-state index in [2.05, 4.69) is 16.8 Å². The molecule has 0 saturated heterocycles. The average molecular weight is 292 g/mol. The fourth-order valence-electron chi connectivity index (χ4n) is 2.59. The van der Waals surface area contributed by atoms with Crippen LogP contribution in [-0.2, 0) is 6.42 Å². The van der Waals surface area contributed by atoms with E-state index in [9.17, 15) is 4.39 Å². The predicted molar refractivity (Wildman–Crippen MR) is 88.1 cm³/mol. The molecule has 0 aliphatic carbocycles. The van der Waals surface area contributed by atoms with Crippen molar-refractivity contribution in [3.63, 3.8) is 0 Å². The molecule has 3 aromatic rings. The minimum Gasteiger partial charge on any atom is -0.281 e. The highest BCUT2D eigenvalue weighted by Crippen LogP contribution is 2.34. The molecule has 3 heteroatoms. The first kappa shape index (κ1) is 14.3. The zero-order valence-corrected chi connectivity index (χ0v) is 12.4. The highest BCUT2D eigenvalue weighted by Gasteiger charge is 2.18. The van der Waals surface area contributed by atoms with Gasteiger partial charge >= 0.3 is 0 Å². The minimum atomic E-state index is -0.256. The van der Waals surface area contributed by atoms with Gasteiger partial charge in [-0.25, -0.2) is 4.39 Å². The lowest BCUT2D eigenvalue weighted by Crippen LogP contribution is -1.90. The molecule has 2 nitrogen and oxygen atoms in total. The number of benzene rings is 2. The lowest BCUT2D eigenvalue weighted by Gasteiger charge is -2.07. The fourth-order valence-corrected chi connectivity index (χ4v) is 2.59. The van der Waals surface area contributed by atoms with Crippen LogP contribution < -0.4 is 0 Å².